The van der Waals surface area contributed by atoms with E-state index in [1.807, 2.05) is 31.2 Å². The van der Waals surface area contributed by atoms with Crippen LogP contribution in [-0.2, 0) is 29.5 Å². The summed E-state index contributed by atoms with van der Waals surface area (Å²) in [7, 11) is 0.811. The van der Waals surface area contributed by atoms with E-state index < -0.39 is 9.84 Å². The number of aliphatic imine (C=N–C) groups is 1. The van der Waals surface area contributed by atoms with Crippen LogP contribution in [0.2, 0.25) is 0 Å². The first-order valence-electron chi connectivity index (χ1n) is 9.69. The SMILES string of the molecule is CN=C(NCc1ccccc1CN(C)Cc1ccco1)NC(C)CCS(C)(=O)=O. The second-order valence-corrected chi connectivity index (χ2v) is 9.67. The summed E-state index contributed by atoms with van der Waals surface area (Å²) in [6, 6.07) is 12.2. The van der Waals surface area contributed by atoms with E-state index in [0.717, 1.165) is 18.8 Å². The molecule has 1 unspecified atom stereocenters. The van der Waals surface area contributed by atoms with Crippen molar-refractivity contribution in [3.8, 4) is 0 Å². The highest BCUT2D eigenvalue weighted by Gasteiger charge is 2.11. The molecule has 8 heteroatoms. The highest BCUT2D eigenvalue weighted by molar-refractivity contribution is 7.90. The van der Waals surface area contributed by atoms with Crippen LogP contribution >= 0.6 is 0 Å². The molecule has 1 aromatic heterocycles. The minimum Gasteiger partial charge on any atom is -0.468 e. The van der Waals surface area contributed by atoms with E-state index in [0.29, 0.717) is 18.9 Å². The summed E-state index contributed by atoms with van der Waals surface area (Å²) in [6.07, 6.45) is 3.48. The lowest BCUT2D eigenvalue weighted by molar-refractivity contribution is 0.287. The maximum atomic E-state index is 11.3. The largest absolute Gasteiger partial charge is 0.468 e. The van der Waals surface area contributed by atoms with Crippen molar-refractivity contribution in [3.63, 3.8) is 0 Å². The first-order valence-corrected chi connectivity index (χ1v) is 11.8. The molecule has 0 saturated carbocycles. The van der Waals surface area contributed by atoms with Crippen LogP contribution in [0.4, 0.5) is 0 Å². The molecule has 29 heavy (non-hydrogen) atoms. The van der Waals surface area contributed by atoms with E-state index in [4.69, 9.17) is 4.42 Å². The minimum absolute atomic E-state index is 0.00518. The van der Waals surface area contributed by atoms with Gasteiger partial charge in [-0.25, -0.2) is 8.42 Å². The van der Waals surface area contributed by atoms with E-state index in [1.165, 1.54) is 17.4 Å². The summed E-state index contributed by atoms with van der Waals surface area (Å²) in [5.41, 5.74) is 2.42. The summed E-state index contributed by atoms with van der Waals surface area (Å²) in [5.74, 6) is 1.75. The van der Waals surface area contributed by atoms with Gasteiger partial charge in [-0.1, -0.05) is 24.3 Å². The van der Waals surface area contributed by atoms with E-state index in [2.05, 4.69) is 39.7 Å². The first-order chi connectivity index (χ1) is 13.8. The molecule has 7 nitrogen and oxygen atoms in total. The van der Waals surface area contributed by atoms with Crippen LogP contribution in [0.25, 0.3) is 0 Å². The molecule has 2 aromatic rings. The highest BCUT2D eigenvalue weighted by Crippen LogP contribution is 2.13. The molecular formula is C21H32N4O3S. The van der Waals surface area contributed by atoms with Crippen molar-refractivity contribution in [1.82, 2.24) is 15.5 Å². The Kier molecular flexibility index (Phi) is 8.72. The summed E-state index contributed by atoms with van der Waals surface area (Å²) in [6.45, 7) is 4.13. The van der Waals surface area contributed by atoms with Crippen LogP contribution in [0.5, 0.6) is 0 Å². The molecule has 1 heterocycles. The number of rotatable bonds is 10. The molecule has 2 N–H and O–H groups in total. The second kappa shape index (κ2) is 11.0. The molecule has 1 atom stereocenters. The summed E-state index contributed by atoms with van der Waals surface area (Å²) in [5, 5.41) is 6.58. The van der Waals surface area contributed by atoms with E-state index >= 15 is 0 Å². The number of hydrogen-bond acceptors (Lipinski definition) is 5. The van der Waals surface area contributed by atoms with Gasteiger partial charge in [0.25, 0.3) is 0 Å². The maximum absolute atomic E-state index is 11.3. The van der Waals surface area contributed by atoms with Gasteiger partial charge in [0.1, 0.15) is 15.6 Å². The van der Waals surface area contributed by atoms with Crippen molar-refractivity contribution >= 4 is 15.8 Å². The van der Waals surface area contributed by atoms with Gasteiger partial charge in [0.15, 0.2) is 5.96 Å². The number of nitrogens with zero attached hydrogens (tertiary/aromatic N) is 2. The van der Waals surface area contributed by atoms with Crippen LogP contribution in [0.1, 0.15) is 30.2 Å². The summed E-state index contributed by atoms with van der Waals surface area (Å²) in [4.78, 5) is 6.46. The maximum Gasteiger partial charge on any atom is 0.191 e. The van der Waals surface area contributed by atoms with Crippen LogP contribution in [-0.4, -0.2) is 51.4 Å². The van der Waals surface area contributed by atoms with Gasteiger partial charge < -0.3 is 15.1 Å². The van der Waals surface area contributed by atoms with Gasteiger partial charge in [-0.3, -0.25) is 9.89 Å². The standard InChI is InChI=1S/C21H32N4O3S/c1-17(11-13-29(4,26)27)24-21(22-2)23-14-18-8-5-6-9-19(18)15-25(3)16-20-10-7-12-28-20/h5-10,12,17H,11,13-16H2,1-4H3,(H2,22,23,24). The van der Waals surface area contributed by atoms with Crippen LogP contribution < -0.4 is 10.6 Å². The van der Waals surface area contributed by atoms with Gasteiger partial charge in [-0.05, 0) is 43.7 Å². The Labute approximate surface area is 174 Å². The monoisotopic (exact) mass is 420 g/mol. The number of sulfone groups is 1. The van der Waals surface area contributed by atoms with E-state index in [1.54, 1.807) is 13.3 Å². The third-order valence-corrected chi connectivity index (χ3v) is 5.52. The normalized spacial score (nSPS) is 13.5. The molecule has 0 aliphatic rings. The van der Waals surface area contributed by atoms with E-state index in [-0.39, 0.29) is 11.8 Å². The van der Waals surface area contributed by atoms with Crippen LogP contribution in [0.15, 0.2) is 52.1 Å². The molecule has 0 radical (unpaired) electrons. The zero-order chi connectivity index (χ0) is 21.3. The molecule has 0 fully saturated rings. The Hall–Kier alpha value is -2.32. The van der Waals surface area contributed by atoms with Gasteiger partial charge in [0.05, 0.1) is 18.6 Å². The highest BCUT2D eigenvalue weighted by atomic mass is 32.2. The predicted octanol–water partition coefficient (Wildman–Crippen LogP) is 2.40. The minimum atomic E-state index is -2.96. The molecule has 0 bridgehead atoms. The van der Waals surface area contributed by atoms with Crippen molar-refractivity contribution in [2.24, 2.45) is 4.99 Å². The van der Waals surface area contributed by atoms with Crippen molar-refractivity contribution in [2.45, 2.75) is 39.0 Å². The molecule has 2 rings (SSSR count). The van der Waals surface area contributed by atoms with Gasteiger partial charge in [-0.15, -0.1) is 0 Å². The molecule has 0 aliphatic heterocycles. The first kappa shape index (κ1) is 23.0. The Morgan fingerprint density at radius 1 is 1.17 bits per heavy atom. The van der Waals surface area contributed by atoms with Crippen molar-refractivity contribution in [3.05, 3.63) is 59.5 Å². The average molecular weight is 421 g/mol. The zero-order valence-corrected chi connectivity index (χ0v) is 18.5. The second-order valence-electron chi connectivity index (χ2n) is 7.41. The number of nitrogens with one attached hydrogen (secondary N) is 2. The lowest BCUT2D eigenvalue weighted by Gasteiger charge is -2.20. The fraction of sp³-hybridized carbons (Fsp3) is 0.476. The van der Waals surface area contributed by atoms with Crippen molar-refractivity contribution < 1.29 is 12.8 Å². The van der Waals surface area contributed by atoms with Crippen LogP contribution in [0.3, 0.4) is 0 Å². The fourth-order valence-electron chi connectivity index (χ4n) is 2.97. The third-order valence-electron chi connectivity index (χ3n) is 4.54. The number of guanidine groups is 1. The fourth-order valence-corrected chi connectivity index (χ4v) is 3.75. The quantitative estimate of drug-likeness (QED) is 0.453. The van der Waals surface area contributed by atoms with Gasteiger partial charge in [0, 0.05) is 32.4 Å². The Morgan fingerprint density at radius 2 is 1.90 bits per heavy atom. The van der Waals surface area contributed by atoms with Gasteiger partial charge in [0.2, 0.25) is 0 Å². The molecule has 0 saturated heterocycles. The Balaban J connectivity index is 1.90. The molecule has 1 aromatic carbocycles. The Bertz CT molecular complexity index is 879. The lowest BCUT2D eigenvalue weighted by Crippen LogP contribution is -2.42. The molecule has 160 valence electrons. The lowest BCUT2D eigenvalue weighted by atomic mass is 10.1. The molecule has 0 amide bonds. The van der Waals surface area contributed by atoms with Crippen LogP contribution in [0, 0.1) is 0 Å². The number of hydrogen-bond donors (Lipinski definition) is 2. The molecular weight excluding hydrogens is 388 g/mol. The third kappa shape index (κ3) is 8.70. The van der Waals surface area contributed by atoms with E-state index in [9.17, 15) is 8.42 Å². The molecule has 0 spiro atoms. The number of furan rings is 1. The number of benzene rings is 1. The Morgan fingerprint density at radius 3 is 2.52 bits per heavy atom. The smallest absolute Gasteiger partial charge is 0.191 e. The summed E-state index contributed by atoms with van der Waals surface area (Å²) >= 11 is 0. The molecule has 0 aliphatic carbocycles. The average Bonchev–Trinajstić information content (AvgIpc) is 3.16. The predicted molar refractivity (Wildman–Crippen MR) is 117 cm³/mol. The zero-order valence-electron chi connectivity index (χ0n) is 17.7. The van der Waals surface area contributed by atoms with Gasteiger partial charge in [-0.2, -0.15) is 0 Å². The topological polar surface area (TPSA) is 86.9 Å². The van der Waals surface area contributed by atoms with Crippen molar-refractivity contribution in [1.29, 1.82) is 0 Å². The summed E-state index contributed by atoms with van der Waals surface area (Å²) < 4.78 is 28.1. The van der Waals surface area contributed by atoms with Crippen molar-refractivity contribution in [2.75, 3.05) is 26.1 Å². The van der Waals surface area contributed by atoms with Gasteiger partial charge >= 0.3 is 0 Å².